The van der Waals surface area contributed by atoms with E-state index in [1.54, 1.807) is 24.3 Å². The highest BCUT2D eigenvalue weighted by molar-refractivity contribution is 7.89. The van der Waals surface area contributed by atoms with Crippen LogP contribution in [0, 0.1) is 0 Å². The first-order valence-electron chi connectivity index (χ1n) is 8.47. The van der Waals surface area contributed by atoms with Crippen molar-refractivity contribution in [2.75, 3.05) is 12.3 Å². The first-order valence-corrected chi connectivity index (χ1v) is 9.95. The summed E-state index contributed by atoms with van der Waals surface area (Å²) in [5.74, 6) is -0.254. The lowest BCUT2D eigenvalue weighted by Crippen LogP contribution is -2.24. The highest BCUT2D eigenvalue weighted by atomic mass is 32.2. The Labute approximate surface area is 143 Å². The average Bonchev–Trinajstić information content (AvgIpc) is 2.55. The van der Waals surface area contributed by atoms with E-state index in [4.69, 9.17) is 5.73 Å². The van der Waals surface area contributed by atoms with Gasteiger partial charge in [-0.15, -0.1) is 0 Å². The molecule has 0 atom stereocenters. The number of nitrogen functional groups attached to an aromatic ring is 1. The number of hydrogen-bond donors (Lipinski definition) is 3. The van der Waals surface area contributed by atoms with Gasteiger partial charge in [-0.25, -0.2) is 13.1 Å². The summed E-state index contributed by atoms with van der Waals surface area (Å²) >= 11 is 0. The number of nitrogens with two attached hydrogens (primary N) is 1. The van der Waals surface area contributed by atoms with Crippen molar-refractivity contribution in [2.45, 2.75) is 50.3 Å². The number of benzene rings is 2. The van der Waals surface area contributed by atoms with Crippen molar-refractivity contribution in [1.82, 2.24) is 4.72 Å². The van der Waals surface area contributed by atoms with E-state index >= 15 is 0 Å². The molecule has 0 bridgehead atoms. The van der Waals surface area contributed by atoms with E-state index in [2.05, 4.69) is 11.6 Å². The molecule has 0 aromatic heterocycles. The summed E-state index contributed by atoms with van der Waals surface area (Å²) in [6.45, 7) is 2.54. The number of unbranched alkanes of at least 4 members (excludes halogenated alkanes) is 5. The molecule has 0 saturated heterocycles. The molecule has 2 rings (SSSR count). The first kappa shape index (κ1) is 18.5. The SMILES string of the molecule is CCCCCCCCNS(=O)(=O)c1ccc2c(N)cccc2c1O. The molecule has 4 N–H and O–H groups in total. The summed E-state index contributed by atoms with van der Waals surface area (Å²) in [6.07, 6.45) is 6.53. The molecule has 0 unspecified atom stereocenters. The zero-order chi connectivity index (χ0) is 17.6. The van der Waals surface area contributed by atoms with Crippen LogP contribution >= 0.6 is 0 Å². The van der Waals surface area contributed by atoms with E-state index in [0.29, 0.717) is 23.0 Å². The Bertz CT molecular complexity index is 788. The molecule has 0 aliphatic rings. The van der Waals surface area contributed by atoms with Crippen LogP contribution in [0.3, 0.4) is 0 Å². The van der Waals surface area contributed by atoms with Crippen molar-refractivity contribution in [3.8, 4) is 5.75 Å². The molecule has 0 radical (unpaired) electrons. The number of rotatable bonds is 9. The quantitative estimate of drug-likeness (QED) is 0.474. The van der Waals surface area contributed by atoms with Crippen LogP contribution in [0.4, 0.5) is 5.69 Å². The second kappa shape index (κ2) is 8.35. The van der Waals surface area contributed by atoms with E-state index in [0.717, 1.165) is 19.3 Å². The number of sulfonamides is 1. The van der Waals surface area contributed by atoms with E-state index in [1.807, 2.05) is 0 Å². The molecule has 0 spiro atoms. The van der Waals surface area contributed by atoms with Crippen molar-refractivity contribution in [1.29, 1.82) is 0 Å². The average molecular weight is 350 g/mol. The molecular weight excluding hydrogens is 324 g/mol. The van der Waals surface area contributed by atoms with Gasteiger partial charge in [0.2, 0.25) is 10.0 Å². The van der Waals surface area contributed by atoms with E-state index in [9.17, 15) is 13.5 Å². The summed E-state index contributed by atoms with van der Waals surface area (Å²) in [5, 5.41) is 11.4. The molecule has 0 aliphatic carbocycles. The van der Waals surface area contributed by atoms with Gasteiger partial charge in [0, 0.05) is 23.0 Å². The van der Waals surface area contributed by atoms with E-state index < -0.39 is 10.0 Å². The number of phenolic OH excluding ortho intramolecular Hbond substituents is 1. The Hall–Kier alpha value is -1.79. The fraction of sp³-hybridized carbons (Fsp3) is 0.444. The monoisotopic (exact) mass is 350 g/mol. The standard InChI is InChI=1S/C18H26N2O3S/c1-2-3-4-5-6-7-13-20-24(22,23)17-12-11-14-15(18(17)21)9-8-10-16(14)19/h8-12,20-21H,2-7,13,19H2,1H3. The van der Waals surface area contributed by atoms with Gasteiger partial charge < -0.3 is 10.8 Å². The Morgan fingerprint density at radius 3 is 2.46 bits per heavy atom. The van der Waals surface area contributed by atoms with Crippen LogP contribution in [0.1, 0.15) is 45.4 Å². The fourth-order valence-corrected chi connectivity index (χ4v) is 3.93. The van der Waals surface area contributed by atoms with Crippen LogP contribution in [0.25, 0.3) is 10.8 Å². The summed E-state index contributed by atoms with van der Waals surface area (Å²) in [7, 11) is -3.73. The third kappa shape index (κ3) is 4.39. The fourth-order valence-electron chi connectivity index (χ4n) is 2.75. The molecule has 5 nitrogen and oxygen atoms in total. The normalized spacial score (nSPS) is 11.9. The van der Waals surface area contributed by atoms with Crippen LogP contribution in [0.5, 0.6) is 5.75 Å². The predicted octanol–water partition coefficient (Wildman–Crippen LogP) is 3.77. The van der Waals surface area contributed by atoms with Crippen LogP contribution in [0.2, 0.25) is 0 Å². The van der Waals surface area contributed by atoms with Gasteiger partial charge in [0.15, 0.2) is 0 Å². The van der Waals surface area contributed by atoms with Gasteiger partial charge in [0.1, 0.15) is 10.6 Å². The van der Waals surface area contributed by atoms with Gasteiger partial charge in [-0.3, -0.25) is 0 Å². The predicted molar refractivity (Wildman–Crippen MR) is 98.6 cm³/mol. The molecule has 0 saturated carbocycles. The zero-order valence-electron chi connectivity index (χ0n) is 14.1. The maximum Gasteiger partial charge on any atom is 0.244 e. The number of anilines is 1. The Kier molecular flexibility index (Phi) is 6.45. The molecule has 0 fully saturated rings. The van der Waals surface area contributed by atoms with Crippen LogP contribution in [-0.4, -0.2) is 20.1 Å². The topological polar surface area (TPSA) is 92.4 Å². The number of nitrogens with one attached hydrogen (secondary N) is 1. The van der Waals surface area contributed by atoms with Crippen molar-refractivity contribution in [3.63, 3.8) is 0 Å². The maximum atomic E-state index is 12.4. The summed E-state index contributed by atoms with van der Waals surface area (Å²) < 4.78 is 27.4. The highest BCUT2D eigenvalue weighted by Crippen LogP contribution is 2.34. The van der Waals surface area contributed by atoms with E-state index in [-0.39, 0.29) is 10.6 Å². The number of aromatic hydroxyl groups is 1. The third-order valence-electron chi connectivity index (χ3n) is 4.14. The first-order chi connectivity index (χ1) is 11.5. The molecule has 0 heterocycles. The van der Waals surface area contributed by atoms with Gasteiger partial charge in [-0.1, -0.05) is 57.2 Å². The molecule has 24 heavy (non-hydrogen) atoms. The number of fused-ring (bicyclic) bond motifs is 1. The lowest BCUT2D eigenvalue weighted by atomic mass is 10.1. The number of phenols is 1. The van der Waals surface area contributed by atoms with Crippen LogP contribution < -0.4 is 10.5 Å². The lowest BCUT2D eigenvalue weighted by molar-refractivity contribution is 0.464. The molecule has 2 aromatic rings. The van der Waals surface area contributed by atoms with E-state index in [1.165, 1.54) is 25.3 Å². The molecule has 132 valence electrons. The smallest absolute Gasteiger partial charge is 0.244 e. The Morgan fingerprint density at radius 2 is 1.71 bits per heavy atom. The second-order valence-electron chi connectivity index (χ2n) is 6.02. The lowest BCUT2D eigenvalue weighted by Gasteiger charge is -2.11. The van der Waals surface area contributed by atoms with Gasteiger partial charge in [-0.05, 0) is 18.6 Å². The van der Waals surface area contributed by atoms with Crippen molar-refractivity contribution >= 4 is 26.5 Å². The molecule has 0 aliphatic heterocycles. The Balaban J connectivity index is 2.04. The third-order valence-corrected chi connectivity index (χ3v) is 5.63. The minimum absolute atomic E-state index is 0.105. The van der Waals surface area contributed by atoms with Crippen molar-refractivity contribution in [2.24, 2.45) is 0 Å². The van der Waals surface area contributed by atoms with Gasteiger partial charge >= 0.3 is 0 Å². The van der Waals surface area contributed by atoms with Gasteiger partial charge in [-0.2, -0.15) is 0 Å². The minimum Gasteiger partial charge on any atom is -0.506 e. The van der Waals surface area contributed by atoms with Crippen molar-refractivity contribution in [3.05, 3.63) is 30.3 Å². The van der Waals surface area contributed by atoms with Crippen molar-refractivity contribution < 1.29 is 13.5 Å². The highest BCUT2D eigenvalue weighted by Gasteiger charge is 2.20. The molecule has 0 amide bonds. The summed E-state index contributed by atoms with van der Waals surface area (Å²) in [4.78, 5) is -0.105. The second-order valence-corrected chi connectivity index (χ2v) is 7.76. The molecule has 6 heteroatoms. The number of hydrogen-bond acceptors (Lipinski definition) is 4. The summed E-state index contributed by atoms with van der Waals surface area (Å²) in [6, 6.07) is 8.10. The van der Waals surface area contributed by atoms with Gasteiger partial charge in [0.05, 0.1) is 0 Å². The van der Waals surface area contributed by atoms with Crippen LogP contribution in [-0.2, 0) is 10.0 Å². The molecular formula is C18H26N2O3S. The largest absolute Gasteiger partial charge is 0.506 e. The summed E-state index contributed by atoms with van der Waals surface area (Å²) in [5.41, 5.74) is 6.36. The minimum atomic E-state index is -3.73. The maximum absolute atomic E-state index is 12.4. The Morgan fingerprint density at radius 1 is 1.00 bits per heavy atom. The molecule has 2 aromatic carbocycles. The zero-order valence-corrected chi connectivity index (χ0v) is 14.9. The van der Waals surface area contributed by atoms with Gasteiger partial charge in [0.25, 0.3) is 0 Å². The van der Waals surface area contributed by atoms with Crippen LogP contribution in [0.15, 0.2) is 35.2 Å².